The minimum Gasteiger partial charge on any atom is -0.366 e. The van der Waals surface area contributed by atoms with E-state index in [0.29, 0.717) is 17.2 Å². The Morgan fingerprint density at radius 1 is 1.26 bits per heavy atom. The smallest absolute Gasteiger partial charge is 0.248 e. The Balaban J connectivity index is 1.49. The molecule has 1 aromatic carbocycles. The molecule has 1 fully saturated rings. The lowest BCUT2D eigenvalue weighted by atomic mass is 9.92. The normalized spacial score (nSPS) is 16.8. The van der Waals surface area contributed by atoms with E-state index in [0.717, 1.165) is 38.2 Å². The van der Waals surface area contributed by atoms with Gasteiger partial charge in [-0.1, -0.05) is 0 Å². The van der Waals surface area contributed by atoms with E-state index in [1.165, 1.54) is 0 Å². The number of anilines is 1. The van der Waals surface area contributed by atoms with Gasteiger partial charge < -0.3 is 15.6 Å². The largest absolute Gasteiger partial charge is 0.366 e. The number of amides is 2. The molecule has 144 valence electrons. The van der Waals surface area contributed by atoms with Crippen LogP contribution in [-0.2, 0) is 18.3 Å². The average Bonchev–Trinajstić information content (AvgIpc) is 3.07. The van der Waals surface area contributed by atoms with Crippen molar-refractivity contribution in [3.63, 3.8) is 0 Å². The number of hydrogen-bond acceptors (Lipinski definition) is 4. The Hall–Kier alpha value is -2.67. The second kappa shape index (κ2) is 8.35. The lowest BCUT2D eigenvalue weighted by molar-refractivity contribution is -0.121. The zero-order chi connectivity index (χ0) is 19.4. The lowest BCUT2D eigenvalue weighted by Crippen LogP contribution is -2.46. The van der Waals surface area contributed by atoms with Gasteiger partial charge in [0.05, 0.1) is 6.04 Å². The van der Waals surface area contributed by atoms with Crippen LogP contribution >= 0.6 is 0 Å². The molecule has 2 amide bonds. The second-order valence-corrected chi connectivity index (χ2v) is 7.24. The summed E-state index contributed by atoms with van der Waals surface area (Å²) in [6, 6.07) is 6.43. The van der Waals surface area contributed by atoms with Crippen molar-refractivity contribution >= 4 is 17.5 Å². The molecular formula is C20H27N5O2. The van der Waals surface area contributed by atoms with Crippen molar-refractivity contribution in [2.75, 3.05) is 18.4 Å². The fraction of sp³-hybridized carbons (Fsp3) is 0.450. The molecule has 0 bridgehead atoms. The van der Waals surface area contributed by atoms with Gasteiger partial charge >= 0.3 is 0 Å². The number of hydrogen-bond donors (Lipinski definition) is 2. The molecule has 1 aromatic heterocycles. The number of primary amides is 1. The molecule has 2 aromatic rings. The molecule has 0 spiro atoms. The highest BCUT2D eigenvalue weighted by Crippen LogP contribution is 2.22. The summed E-state index contributed by atoms with van der Waals surface area (Å²) in [5.41, 5.74) is 6.33. The van der Waals surface area contributed by atoms with Gasteiger partial charge in [0, 0.05) is 37.1 Å². The Kier molecular flexibility index (Phi) is 5.91. The van der Waals surface area contributed by atoms with Gasteiger partial charge in [-0.15, -0.1) is 0 Å². The van der Waals surface area contributed by atoms with E-state index in [2.05, 4.69) is 19.8 Å². The maximum atomic E-state index is 12.6. The van der Waals surface area contributed by atoms with Crippen LogP contribution in [0.2, 0.25) is 0 Å². The molecule has 0 radical (unpaired) electrons. The highest BCUT2D eigenvalue weighted by atomic mass is 16.2. The van der Waals surface area contributed by atoms with Gasteiger partial charge in [-0.3, -0.25) is 14.5 Å². The second-order valence-electron chi connectivity index (χ2n) is 7.24. The van der Waals surface area contributed by atoms with Crippen molar-refractivity contribution in [3.05, 3.63) is 48.0 Å². The number of nitrogens with two attached hydrogens (primary N) is 1. The summed E-state index contributed by atoms with van der Waals surface area (Å²) in [5, 5.41) is 2.91. The lowest BCUT2D eigenvalue weighted by Gasteiger charge is -2.35. The molecule has 1 saturated heterocycles. The maximum absolute atomic E-state index is 12.6. The first-order valence-electron chi connectivity index (χ1n) is 9.35. The molecule has 7 heteroatoms. The number of piperidine rings is 1. The van der Waals surface area contributed by atoms with Gasteiger partial charge in [0.15, 0.2) is 0 Å². The monoisotopic (exact) mass is 369 g/mol. The number of rotatable bonds is 6. The van der Waals surface area contributed by atoms with E-state index in [1.54, 1.807) is 24.3 Å². The minimum atomic E-state index is -0.477. The first kappa shape index (κ1) is 19.1. The van der Waals surface area contributed by atoms with E-state index >= 15 is 0 Å². The molecule has 1 atom stereocenters. The molecule has 27 heavy (non-hydrogen) atoms. The predicted octanol–water partition coefficient (Wildman–Crippen LogP) is 1.80. The summed E-state index contributed by atoms with van der Waals surface area (Å²) in [6.07, 6.45) is 6.94. The van der Waals surface area contributed by atoms with Crippen LogP contribution in [0.4, 0.5) is 5.69 Å². The molecule has 0 unspecified atom stereocenters. The van der Waals surface area contributed by atoms with E-state index in [9.17, 15) is 9.59 Å². The zero-order valence-electron chi connectivity index (χ0n) is 15.9. The van der Waals surface area contributed by atoms with Gasteiger partial charge in [-0.25, -0.2) is 4.98 Å². The summed E-state index contributed by atoms with van der Waals surface area (Å²) < 4.78 is 2.08. The molecule has 3 rings (SSSR count). The Morgan fingerprint density at radius 3 is 2.48 bits per heavy atom. The van der Waals surface area contributed by atoms with Gasteiger partial charge in [-0.2, -0.15) is 0 Å². The fourth-order valence-electron chi connectivity index (χ4n) is 3.53. The number of nitrogens with one attached hydrogen (secondary N) is 1. The van der Waals surface area contributed by atoms with Crippen molar-refractivity contribution < 1.29 is 9.59 Å². The molecule has 1 aliphatic rings. The Labute approximate surface area is 159 Å². The number of aromatic nitrogens is 2. The quantitative estimate of drug-likeness (QED) is 0.812. The number of imidazole rings is 1. The number of carbonyl (C=O) groups excluding carboxylic acids is 2. The summed E-state index contributed by atoms with van der Waals surface area (Å²) >= 11 is 0. The van der Waals surface area contributed by atoms with Crippen LogP contribution in [0.5, 0.6) is 0 Å². The summed E-state index contributed by atoms with van der Waals surface area (Å²) in [6.45, 7) is 3.75. The third-order valence-electron chi connectivity index (χ3n) is 5.41. The number of aryl methyl sites for hydroxylation is 1. The van der Waals surface area contributed by atoms with Crippen LogP contribution in [0.15, 0.2) is 36.7 Å². The van der Waals surface area contributed by atoms with Crippen molar-refractivity contribution in [2.24, 2.45) is 18.7 Å². The van der Waals surface area contributed by atoms with Crippen LogP contribution in [0.3, 0.4) is 0 Å². The highest BCUT2D eigenvalue weighted by Gasteiger charge is 2.27. The first-order chi connectivity index (χ1) is 12.9. The topological polar surface area (TPSA) is 93.2 Å². The van der Waals surface area contributed by atoms with E-state index in [4.69, 9.17) is 5.73 Å². The first-order valence-corrected chi connectivity index (χ1v) is 9.35. The zero-order valence-corrected chi connectivity index (χ0v) is 15.9. The summed E-state index contributed by atoms with van der Waals surface area (Å²) in [4.78, 5) is 30.3. The standard InChI is InChI=1S/C20H27N5O2/c1-14(20(27)23-17-5-3-16(4-6-17)19(21)26)25-10-7-15(8-11-25)13-18-22-9-12-24(18)2/h3-6,9,12,14-15H,7-8,10-11,13H2,1-2H3,(H2,21,26)(H,23,27)/t14-/m1/s1. The average molecular weight is 369 g/mol. The van der Waals surface area contributed by atoms with Crippen molar-refractivity contribution in [1.82, 2.24) is 14.5 Å². The van der Waals surface area contributed by atoms with E-state index in [-0.39, 0.29) is 11.9 Å². The minimum absolute atomic E-state index is 0.0376. The maximum Gasteiger partial charge on any atom is 0.248 e. The van der Waals surface area contributed by atoms with E-state index in [1.807, 2.05) is 26.4 Å². The summed E-state index contributed by atoms with van der Waals surface area (Å²) in [7, 11) is 2.03. The number of carbonyl (C=O) groups is 2. The highest BCUT2D eigenvalue weighted by molar-refractivity contribution is 5.96. The number of likely N-dealkylation sites (tertiary alicyclic amines) is 1. The summed E-state index contributed by atoms with van der Waals surface area (Å²) in [5.74, 6) is 1.22. The van der Waals surface area contributed by atoms with Crippen molar-refractivity contribution in [1.29, 1.82) is 0 Å². The van der Waals surface area contributed by atoms with Gasteiger partial charge in [0.1, 0.15) is 5.82 Å². The molecule has 0 aliphatic carbocycles. The molecule has 0 saturated carbocycles. The van der Waals surface area contributed by atoms with Crippen molar-refractivity contribution in [3.8, 4) is 0 Å². The fourth-order valence-corrected chi connectivity index (χ4v) is 3.53. The Morgan fingerprint density at radius 2 is 1.93 bits per heavy atom. The van der Waals surface area contributed by atoms with Crippen LogP contribution in [0, 0.1) is 5.92 Å². The van der Waals surface area contributed by atoms with Crippen molar-refractivity contribution in [2.45, 2.75) is 32.2 Å². The molecule has 1 aliphatic heterocycles. The molecule has 2 heterocycles. The Bertz CT molecular complexity index is 791. The van der Waals surface area contributed by atoms with Gasteiger partial charge in [0.25, 0.3) is 0 Å². The van der Waals surface area contributed by atoms with Gasteiger partial charge in [0.2, 0.25) is 11.8 Å². The number of benzene rings is 1. The van der Waals surface area contributed by atoms with Crippen LogP contribution < -0.4 is 11.1 Å². The number of nitrogens with zero attached hydrogens (tertiary/aromatic N) is 3. The molecule has 7 nitrogen and oxygen atoms in total. The predicted molar refractivity (Wildman–Crippen MR) is 104 cm³/mol. The van der Waals surface area contributed by atoms with Crippen LogP contribution in [0.25, 0.3) is 0 Å². The van der Waals surface area contributed by atoms with Crippen LogP contribution in [-0.4, -0.2) is 45.4 Å². The van der Waals surface area contributed by atoms with Gasteiger partial charge in [-0.05, 0) is 63.0 Å². The third-order valence-corrected chi connectivity index (χ3v) is 5.41. The van der Waals surface area contributed by atoms with Crippen LogP contribution in [0.1, 0.15) is 35.9 Å². The third kappa shape index (κ3) is 4.74. The van der Waals surface area contributed by atoms with E-state index < -0.39 is 5.91 Å². The SMILES string of the molecule is C[C@H](C(=O)Nc1ccc(C(N)=O)cc1)N1CCC(Cc2nccn2C)CC1. The molecular weight excluding hydrogens is 342 g/mol. The molecule has 3 N–H and O–H groups in total.